The normalized spacial score (nSPS) is 19.9. The second-order valence-corrected chi connectivity index (χ2v) is 9.18. The number of nitrogens with zero attached hydrogens (tertiary/aromatic N) is 5. The van der Waals surface area contributed by atoms with Gasteiger partial charge in [0, 0.05) is 44.8 Å². The number of aromatic nitrogens is 2. The predicted molar refractivity (Wildman–Crippen MR) is 126 cm³/mol. The van der Waals surface area contributed by atoms with Crippen molar-refractivity contribution < 1.29 is 13.7 Å². The molecule has 0 aliphatic carbocycles. The molecule has 1 atom stereocenters. The summed E-state index contributed by atoms with van der Waals surface area (Å²) in [7, 11) is 0. The molecule has 3 heterocycles. The Morgan fingerprint density at radius 3 is 2.62 bits per heavy atom. The Morgan fingerprint density at radius 2 is 1.82 bits per heavy atom. The zero-order valence-corrected chi connectivity index (χ0v) is 19.3. The molecule has 0 N–H and O–H groups in total. The minimum absolute atomic E-state index is 0.0825. The summed E-state index contributed by atoms with van der Waals surface area (Å²) in [6.07, 6.45) is 1.91. The van der Waals surface area contributed by atoms with Gasteiger partial charge in [-0.2, -0.15) is 4.98 Å². The zero-order valence-electron chi connectivity index (χ0n) is 19.3. The number of piperazine rings is 1. The van der Waals surface area contributed by atoms with Crippen LogP contribution >= 0.6 is 0 Å². The standard InChI is InChI=1S/C26H30FN5O2/c27-23-10-4-8-21(16-23)25-28-26(34-29-25)22-9-5-11-31(18-22)19-24(33)32-14-12-30(13-15-32)17-20-6-2-1-3-7-20/h1-4,6-8,10,16,22H,5,9,11-15,17-19H2. The largest absolute Gasteiger partial charge is 0.339 e. The first-order chi connectivity index (χ1) is 16.6. The fourth-order valence-corrected chi connectivity index (χ4v) is 4.83. The molecule has 3 aromatic rings. The quantitative estimate of drug-likeness (QED) is 0.558. The Morgan fingerprint density at radius 1 is 1.00 bits per heavy atom. The summed E-state index contributed by atoms with van der Waals surface area (Å²) in [6.45, 7) is 6.28. The monoisotopic (exact) mass is 463 g/mol. The van der Waals surface area contributed by atoms with Crippen LogP contribution in [0.4, 0.5) is 4.39 Å². The van der Waals surface area contributed by atoms with E-state index in [9.17, 15) is 9.18 Å². The fourth-order valence-electron chi connectivity index (χ4n) is 4.83. The average molecular weight is 464 g/mol. The molecule has 178 valence electrons. The molecule has 0 radical (unpaired) electrons. The van der Waals surface area contributed by atoms with Crippen LogP contribution in [0.1, 0.15) is 30.2 Å². The molecule has 1 unspecified atom stereocenters. The predicted octanol–water partition coefficient (Wildman–Crippen LogP) is 3.40. The van der Waals surface area contributed by atoms with Gasteiger partial charge in [-0.3, -0.25) is 14.6 Å². The van der Waals surface area contributed by atoms with Gasteiger partial charge in [0.2, 0.25) is 17.6 Å². The number of hydrogen-bond donors (Lipinski definition) is 0. The van der Waals surface area contributed by atoms with Gasteiger partial charge in [0.05, 0.1) is 12.5 Å². The summed E-state index contributed by atoms with van der Waals surface area (Å²) in [6, 6.07) is 16.7. The molecule has 7 nitrogen and oxygen atoms in total. The molecule has 8 heteroatoms. The van der Waals surface area contributed by atoms with Crippen LogP contribution in [0.3, 0.4) is 0 Å². The summed E-state index contributed by atoms with van der Waals surface area (Å²) in [5, 5.41) is 4.05. The SMILES string of the molecule is O=C(CN1CCCC(c2nc(-c3cccc(F)c3)no2)C1)N1CCN(Cc2ccccc2)CC1. The molecule has 34 heavy (non-hydrogen) atoms. The van der Waals surface area contributed by atoms with Gasteiger partial charge < -0.3 is 9.42 Å². The average Bonchev–Trinajstić information content (AvgIpc) is 3.36. The summed E-state index contributed by atoms with van der Waals surface area (Å²) in [5.74, 6) is 0.902. The van der Waals surface area contributed by atoms with Crippen LogP contribution in [0.2, 0.25) is 0 Å². The van der Waals surface area contributed by atoms with E-state index in [-0.39, 0.29) is 17.6 Å². The number of rotatable bonds is 6. The molecule has 2 aromatic carbocycles. The van der Waals surface area contributed by atoms with Crippen LogP contribution in [-0.2, 0) is 11.3 Å². The van der Waals surface area contributed by atoms with Crippen molar-refractivity contribution in [2.75, 3.05) is 45.8 Å². The Balaban J connectivity index is 1.12. The van der Waals surface area contributed by atoms with Gasteiger partial charge in [-0.1, -0.05) is 47.6 Å². The smallest absolute Gasteiger partial charge is 0.236 e. The first kappa shape index (κ1) is 22.7. The van der Waals surface area contributed by atoms with Crippen molar-refractivity contribution in [1.82, 2.24) is 24.8 Å². The first-order valence-corrected chi connectivity index (χ1v) is 12.0. The van der Waals surface area contributed by atoms with Crippen LogP contribution in [0, 0.1) is 5.82 Å². The number of likely N-dealkylation sites (tertiary alicyclic amines) is 1. The summed E-state index contributed by atoms with van der Waals surface area (Å²) in [4.78, 5) is 24.1. The van der Waals surface area contributed by atoms with Crippen molar-refractivity contribution in [3.8, 4) is 11.4 Å². The van der Waals surface area contributed by atoms with Gasteiger partial charge in [-0.05, 0) is 37.1 Å². The number of amides is 1. The lowest BCUT2D eigenvalue weighted by Gasteiger charge is -2.37. The molecule has 1 aromatic heterocycles. The van der Waals surface area contributed by atoms with Gasteiger partial charge in [0.1, 0.15) is 5.82 Å². The second-order valence-electron chi connectivity index (χ2n) is 9.18. The summed E-state index contributed by atoms with van der Waals surface area (Å²) in [5.41, 5.74) is 1.91. The van der Waals surface area contributed by atoms with Gasteiger partial charge in [-0.15, -0.1) is 0 Å². The van der Waals surface area contributed by atoms with Crippen LogP contribution in [-0.4, -0.2) is 76.6 Å². The Labute approximate surface area is 199 Å². The lowest BCUT2D eigenvalue weighted by Crippen LogP contribution is -2.51. The van der Waals surface area contributed by atoms with Crippen LogP contribution in [0.15, 0.2) is 59.1 Å². The lowest BCUT2D eigenvalue weighted by molar-refractivity contribution is -0.134. The minimum Gasteiger partial charge on any atom is -0.339 e. The molecule has 0 saturated carbocycles. The molecule has 2 aliphatic rings. The van der Waals surface area contributed by atoms with Crippen molar-refractivity contribution in [3.05, 3.63) is 71.9 Å². The van der Waals surface area contributed by atoms with E-state index in [4.69, 9.17) is 4.52 Å². The maximum Gasteiger partial charge on any atom is 0.236 e. The lowest BCUT2D eigenvalue weighted by atomic mass is 9.98. The zero-order chi connectivity index (χ0) is 23.3. The van der Waals surface area contributed by atoms with Gasteiger partial charge in [0.25, 0.3) is 0 Å². The number of piperidine rings is 1. The molecule has 0 spiro atoms. The fraction of sp³-hybridized carbons (Fsp3) is 0.423. The van der Waals surface area contributed by atoms with E-state index < -0.39 is 0 Å². The minimum atomic E-state index is -0.327. The van der Waals surface area contributed by atoms with E-state index in [1.54, 1.807) is 12.1 Å². The topological polar surface area (TPSA) is 65.7 Å². The molecular formula is C26H30FN5O2. The van der Waals surface area contributed by atoms with Gasteiger partial charge in [0.15, 0.2) is 0 Å². The molecule has 0 bridgehead atoms. The molecular weight excluding hydrogens is 433 g/mol. The third kappa shape index (κ3) is 5.51. The maximum absolute atomic E-state index is 13.5. The Bertz CT molecular complexity index is 1100. The van der Waals surface area contributed by atoms with Crippen molar-refractivity contribution >= 4 is 5.91 Å². The summed E-state index contributed by atoms with van der Waals surface area (Å²) < 4.78 is 19.0. The number of carbonyl (C=O) groups is 1. The van der Waals surface area contributed by atoms with Crippen molar-refractivity contribution in [3.63, 3.8) is 0 Å². The second kappa shape index (κ2) is 10.4. The van der Waals surface area contributed by atoms with Crippen molar-refractivity contribution in [2.24, 2.45) is 0 Å². The molecule has 5 rings (SSSR count). The number of hydrogen-bond acceptors (Lipinski definition) is 6. The highest BCUT2D eigenvalue weighted by molar-refractivity contribution is 5.78. The number of benzene rings is 2. The van der Waals surface area contributed by atoms with E-state index in [0.29, 0.717) is 30.4 Å². The molecule has 2 saturated heterocycles. The Kier molecular flexibility index (Phi) is 6.97. The molecule has 2 fully saturated rings. The van der Waals surface area contributed by atoms with E-state index in [2.05, 4.69) is 44.2 Å². The highest BCUT2D eigenvalue weighted by Crippen LogP contribution is 2.27. The Hall–Kier alpha value is -3.10. The third-order valence-corrected chi connectivity index (χ3v) is 6.71. The molecule has 2 aliphatic heterocycles. The van der Waals surface area contributed by atoms with E-state index >= 15 is 0 Å². The number of carbonyl (C=O) groups excluding carboxylic acids is 1. The van der Waals surface area contributed by atoms with Crippen LogP contribution < -0.4 is 0 Å². The van der Waals surface area contributed by atoms with Gasteiger partial charge in [-0.25, -0.2) is 4.39 Å². The van der Waals surface area contributed by atoms with E-state index in [1.165, 1.54) is 17.7 Å². The highest BCUT2D eigenvalue weighted by atomic mass is 19.1. The van der Waals surface area contributed by atoms with Gasteiger partial charge >= 0.3 is 0 Å². The maximum atomic E-state index is 13.5. The van der Waals surface area contributed by atoms with E-state index in [0.717, 1.165) is 52.1 Å². The molecule has 1 amide bonds. The first-order valence-electron chi connectivity index (χ1n) is 12.0. The highest BCUT2D eigenvalue weighted by Gasteiger charge is 2.29. The van der Waals surface area contributed by atoms with E-state index in [1.807, 2.05) is 11.0 Å². The van der Waals surface area contributed by atoms with Crippen molar-refractivity contribution in [2.45, 2.75) is 25.3 Å². The number of halogens is 1. The van der Waals surface area contributed by atoms with Crippen LogP contribution in [0.5, 0.6) is 0 Å². The third-order valence-electron chi connectivity index (χ3n) is 6.71. The summed E-state index contributed by atoms with van der Waals surface area (Å²) >= 11 is 0. The van der Waals surface area contributed by atoms with Crippen LogP contribution in [0.25, 0.3) is 11.4 Å². The van der Waals surface area contributed by atoms with Crippen molar-refractivity contribution in [1.29, 1.82) is 0 Å².